The molecule has 0 saturated carbocycles. The summed E-state index contributed by atoms with van der Waals surface area (Å²) in [7, 11) is 1.64. The lowest BCUT2D eigenvalue weighted by Crippen LogP contribution is -2.19. The summed E-state index contributed by atoms with van der Waals surface area (Å²) in [6.45, 7) is 3.63. The molecule has 0 aromatic heterocycles. The summed E-state index contributed by atoms with van der Waals surface area (Å²) in [6, 6.07) is 13.4. The number of thioether (sulfide) groups is 1. The lowest BCUT2D eigenvalue weighted by atomic mass is 10.1. The van der Waals surface area contributed by atoms with Gasteiger partial charge < -0.3 is 19.7 Å². The number of nitrogens with zero attached hydrogens (tertiary/aromatic N) is 1. The van der Waals surface area contributed by atoms with E-state index in [9.17, 15) is 4.79 Å². The quantitative estimate of drug-likeness (QED) is 0.181. The minimum atomic E-state index is -0.117. The molecule has 0 aliphatic carbocycles. The Balaban J connectivity index is 1.40. The molecule has 0 bridgehead atoms. The third-order valence-corrected chi connectivity index (χ3v) is 7.72. The number of unbranched alkanes of at least 4 members (excludes halogenated alkanes) is 11. The van der Waals surface area contributed by atoms with Gasteiger partial charge in [-0.2, -0.15) is 0 Å². The van der Waals surface area contributed by atoms with Crippen molar-refractivity contribution < 1.29 is 14.3 Å². The molecule has 0 unspecified atom stereocenters. The van der Waals surface area contributed by atoms with Gasteiger partial charge in [-0.05, 0) is 35.6 Å². The fraction of sp³-hybridized carbons (Fsp3) is 0.531. The topological polar surface area (TPSA) is 50.8 Å². The van der Waals surface area contributed by atoms with Crippen LogP contribution in [-0.4, -0.2) is 30.4 Å². The zero-order chi connectivity index (χ0) is 26.8. The van der Waals surface area contributed by atoms with Gasteiger partial charge in [-0.25, -0.2) is 0 Å². The Hall–Kier alpha value is -2.60. The van der Waals surface area contributed by atoms with Gasteiger partial charge in [0, 0.05) is 30.1 Å². The van der Waals surface area contributed by atoms with Crippen LogP contribution in [0.25, 0.3) is 0 Å². The number of hydrogen-bond acceptors (Lipinski definition) is 5. The van der Waals surface area contributed by atoms with Gasteiger partial charge in [-0.1, -0.05) is 95.8 Å². The molecule has 208 valence electrons. The van der Waals surface area contributed by atoms with E-state index in [4.69, 9.17) is 9.47 Å². The van der Waals surface area contributed by atoms with E-state index in [1.54, 1.807) is 18.9 Å². The first-order chi connectivity index (χ1) is 18.7. The number of ether oxygens (including phenoxy) is 2. The second-order valence-electron chi connectivity index (χ2n) is 10.0. The second-order valence-corrected chi connectivity index (χ2v) is 10.9. The molecule has 0 saturated heterocycles. The van der Waals surface area contributed by atoms with Crippen LogP contribution in [-0.2, 0) is 6.54 Å². The molecule has 1 aliphatic heterocycles. The molecular formula is C32H46N2O3S. The number of amides is 1. The molecule has 0 fully saturated rings. The molecule has 6 heteroatoms. The molecular weight excluding hydrogens is 492 g/mol. The normalized spacial score (nSPS) is 12.6. The second kappa shape index (κ2) is 17.8. The van der Waals surface area contributed by atoms with Crippen LogP contribution < -0.4 is 14.8 Å². The van der Waals surface area contributed by atoms with E-state index in [1.807, 2.05) is 42.5 Å². The Morgan fingerprint density at radius 1 is 0.895 bits per heavy atom. The van der Waals surface area contributed by atoms with Crippen molar-refractivity contribution in [3.63, 3.8) is 0 Å². The summed E-state index contributed by atoms with van der Waals surface area (Å²) in [4.78, 5) is 15.3. The van der Waals surface area contributed by atoms with Gasteiger partial charge in [0.2, 0.25) is 0 Å². The van der Waals surface area contributed by atoms with Crippen LogP contribution in [0.2, 0.25) is 0 Å². The predicted molar refractivity (Wildman–Crippen MR) is 161 cm³/mol. The molecule has 1 heterocycles. The number of carbonyl (C=O) groups is 1. The van der Waals surface area contributed by atoms with Crippen molar-refractivity contribution in [3.05, 3.63) is 65.2 Å². The van der Waals surface area contributed by atoms with Crippen molar-refractivity contribution in [3.8, 4) is 11.5 Å². The Labute approximate surface area is 234 Å². The maximum absolute atomic E-state index is 13.1. The molecule has 0 spiro atoms. The average Bonchev–Trinajstić information content (AvgIpc) is 3.45. The Bertz CT molecular complexity index is 994. The van der Waals surface area contributed by atoms with Crippen LogP contribution in [0, 0.1) is 0 Å². The number of hydrogen-bond donors (Lipinski definition) is 1. The minimum Gasteiger partial charge on any atom is -0.493 e. The molecule has 1 amide bonds. The van der Waals surface area contributed by atoms with Gasteiger partial charge in [-0.15, -0.1) is 11.8 Å². The van der Waals surface area contributed by atoms with E-state index in [0.717, 1.165) is 17.9 Å². The van der Waals surface area contributed by atoms with Gasteiger partial charge in [0.15, 0.2) is 11.5 Å². The number of anilines is 1. The molecule has 2 aromatic rings. The zero-order valence-electron chi connectivity index (χ0n) is 23.4. The van der Waals surface area contributed by atoms with Crippen LogP contribution in [0.5, 0.6) is 11.5 Å². The van der Waals surface area contributed by atoms with Crippen molar-refractivity contribution in [1.82, 2.24) is 4.90 Å². The monoisotopic (exact) mass is 538 g/mol. The Morgan fingerprint density at radius 2 is 1.58 bits per heavy atom. The van der Waals surface area contributed by atoms with E-state index in [0.29, 0.717) is 35.9 Å². The minimum absolute atomic E-state index is 0.117. The Morgan fingerprint density at radius 3 is 2.24 bits per heavy atom. The number of rotatable bonds is 19. The SMILES string of the molecule is CCCCCCCCCCCCCCOc1cc(NC(=O)c2ccccc2CN2C=CSC2)ccc1OC. The van der Waals surface area contributed by atoms with Gasteiger partial charge in [-0.3, -0.25) is 4.79 Å². The standard InChI is InChI=1S/C32H46N2O3S/c1-3-4-5-6-7-8-9-10-11-12-13-16-22-37-31-24-28(19-20-30(31)36-2)33-32(35)29-18-15-14-17-27(29)25-34-21-23-38-26-34/h14-15,17-21,23-24H,3-13,16,22,25-26H2,1-2H3,(H,33,35). The Kier molecular flexibility index (Phi) is 14.0. The summed E-state index contributed by atoms with van der Waals surface area (Å²) < 4.78 is 11.6. The van der Waals surface area contributed by atoms with Crippen molar-refractivity contribution in [1.29, 1.82) is 0 Å². The average molecular weight is 539 g/mol. The van der Waals surface area contributed by atoms with Crippen molar-refractivity contribution in [2.75, 3.05) is 24.9 Å². The van der Waals surface area contributed by atoms with E-state index < -0.39 is 0 Å². The number of methoxy groups -OCH3 is 1. The summed E-state index contributed by atoms with van der Waals surface area (Å²) in [5, 5.41) is 5.13. The molecule has 0 atom stereocenters. The predicted octanol–water partition coefficient (Wildman–Crippen LogP) is 9.00. The first kappa shape index (κ1) is 29.9. The van der Waals surface area contributed by atoms with Crippen LogP contribution in [0.15, 0.2) is 54.1 Å². The largest absolute Gasteiger partial charge is 0.493 e. The van der Waals surface area contributed by atoms with Crippen molar-refractivity contribution in [2.24, 2.45) is 0 Å². The molecule has 0 radical (unpaired) electrons. The highest BCUT2D eigenvalue weighted by Crippen LogP contribution is 2.31. The fourth-order valence-electron chi connectivity index (χ4n) is 4.70. The summed E-state index contributed by atoms with van der Waals surface area (Å²) in [6.07, 6.45) is 17.9. The first-order valence-electron chi connectivity index (χ1n) is 14.4. The lowest BCUT2D eigenvalue weighted by molar-refractivity contribution is 0.102. The zero-order valence-corrected chi connectivity index (χ0v) is 24.2. The third-order valence-electron chi connectivity index (χ3n) is 6.92. The maximum Gasteiger partial charge on any atom is 0.256 e. The van der Waals surface area contributed by atoms with Crippen LogP contribution in [0.1, 0.15) is 99.9 Å². The van der Waals surface area contributed by atoms with E-state index in [-0.39, 0.29) is 5.91 Å². The maximum atomic E-state index is 13.1. The summed E-state index contributed by atoms with van der Waals surface area (Å²) >= 11 is 1.76. The van der Waals surface area contributed by atoms with Gasteiger partial charge in [0.1, 0.15) is 0 Å². The van der Waals surface area contributed by atoms with E-state index >= 15 is 0 Å². The lowest BCUT2D eigenvalue weighted by Gasteiger charge is -2.17. The molecule has 2 aromatic carbocycles. The van der Waals surface area contributed by atoms with Crippen molar-refractivity contribution >= 4 is 23.4 Å². The van der Waals surface area contributed by atoms with Crippen molar-refractivity contribution in [2.45, 2.75) is 90.5 Å². The highest BCUT2D eigenvalue weighted by Gasteiger charge is 2.15. The van der Waals surface area contributed by atoms with E-state index in [2.05, 4.69) is 28.7 Å². The third kappa shape index (κ3) is 10.6. The van der Waals surface area contributed by atoms with Crippen LogP contribution in [0.4, 0.5) is 5.69 Å². The molecule has 1 aliphatic rings. The van der Waals surface area contributed by atoms with Crippen LogP contribution >= 0.6 is 11.8 Å². The van der Waals surface area contributed by atoms with Gasteiger partial charge in [0.25, 0.3) is 5.91 Å². The highest BCUT2D eigenvalue weighted by molar-refractivity contribution is 8.02. The highest BCUT2D eigenvalue weighted by atomic mass is 32.2. The van der Waals surface area contributed by atoms with Gasteiger partial charge >= 0.3 is 0 Å². The summed E-state index contributed by atoms with van der Waals surface area (Å²) in [5.41, 5.74) is 2.40. The number of carbonyl (C=O) groups excluding carboxylic acids is 1. The first-order valence-corrected chi connectivity index (χ1v) is 15.5. The van der Waals surface area contributed by atoms with Gasteiger partial charge in [0.05, 0.1) is 19.6 Å². The smallest absolute Gasteiger partial charge is 0.256 e. The van der Waals surface area contributed by atoms with E-state index in [1.165, 1.54) is 70.6 Å². The molecule has 3 rings (SSSR count). The number of benzene rings is 2. The molecule has 38 heavy (non-hydrogen) atoms. The molecule has 1 N–H and O–H groups in total. The summed E-state index contributed by atoms with van der Waals surface area (Å²) in [5.74, 6) is 2.14. The van der Waals surface area contributed by atoms with Crippen LogP contribution in [0.3, 0.4) is 0 Å². The fourth-order valence-corrected chi connectivity index (χ4v) is 5.41. The molecule has 5 nitrogen and oxygen atoms in total. The number of nitrogens with one attached hydrogen (secondary N) is 1.